The number of amides is 1. The highest BCUT2D eigenvalue weighted by atomic mass is 32.1. The Bertz CT molecular complexity index is 926. The smallest absolute Gasteiger partial charge is 0.308 e. The van der Waals surface area contributed by atoms with E-state index in [1.165, 1.54) is 11.3 Å². The molecule has 2 aromatic carbocycles. The summed E-state index contributed by atoms with van der Waals surface area (Å²) in [7, 11) is 0. The third-order valence-electron chi connectivity index (χ3n) is 3.67. The van der Waals surface area contributed by atoms with Crippen LogP contribution in [-0.2, 0) is 6.54 Å². The Morgan fingerprint density at radius 1 is 1.17 bits per heavy atom. The van der Waals surface area contributed by atoms with E-state index in [0.717, 1.165) is 16.0 Å². The van der Waals surface area contributed by atoms with E-state index in [9.17, 15) is 9.59 Å². The number of fused-ring (bicyclic) bond motifs is 1. The minimum atomic E-state index is -0.195. The quantitative estimate of drug-likeness (QED) is 0.768. The van der Waals surface area contributed by atoms with Crippen molar-refractivity contribution in [3.05, 3.63) is 57.7 Å². The van der Waals surface area contributed by atoms with Crippen LogP contribution in [0.1, 0.15) is 24.2 Å². The second-order valence-electron chi connectivity index (χ2n) is 5.21. The second-order valence-corrected chi connectivity index (χ2v) is 6.20. The summed E-state index contributed by atoms with van der Waals surface area (Å²) in [6.07, 6.45) is 0. The van der Waals surface area contributed by atoms with E-state index in [-0.39, 0.29) is 10.8 Å². The molecule has 6 heteroatoms. The van der Waals surface area contributed by atoms with Crippen LogP contribution in [0.2, 0.25) is 0 Å². The molecule has 24 heavy (non-hydrogen) atoms. The molecular formula is C18H18N2O3S. The predicted octanol–water partition coefficient (Wildman–Crippen LogP) is 3.73. The maximum absolute atomic E-state index is 12.3. The van der Waals surface area contributed by atoms with Crippen molar-refractivity contribution < 1.29 is 9.53 Å². The second kappa shape index (κ2) is 6.88. The van der Waals surface area contributed by atoms with Gasteiger partial charge in [0, 0.05) is 17.8 Å². The van der Waals surface area contributed by atoms with Crippen molar-refractivity contribution in [3.8, 4) is 5.75 Å². The molecule has 0 fully saturated rings. The molecule has 1 amide bonds. The van der Waals surface area contributed by atoms with Gasteiger partial charge in [0.15, 0.2) is 0 Å². The largest absolute Gasteiger partial charge is 0.494 e. The Morgan fingerprint density at radius 2 is 1.92 bits per heavy atom. The van der Waals surface area contributed by atoms with Gasteiger partial charge in [-0.3, -0.25) is 14.2 Å². The zero-order valence-electron chi connectivity index (χ0n) is 13.5. The average Bonchev–Trinajstić information content (AvgIpc) is 2.90. The molecule has 1 heterocycles. The van der Waals surface area contributed by atoms with Crippen molar-refractivity contribution in [2.75, 3.05) is 11.9 Å². The highest BCUT2D eigenvalue weighted by molar-refractivity contribution is 7.16. The molecular weight excluding hydrogens is 324 g/mol. The van der Waals surface area contributed by atoms with Gasteiger partial charge in [-0.25, -0.2) is 0 Å². The third kappa shape index (κ3) is 3.19. The monoisotopic (exact) mass is 342 g/mol. The number of ether oxygens (including phenoxy) is 1. The topological polar surface area (TPSA) is 60.3 Å². The molecule has 0 aliphatic carbocycles. The highest BCUT2D eigenvalue weighted by Gasteiger charge is 2.10. The van der Waals surface area contributed by atoms with E-state index in [1.54, 1.807) is 28.8 Å². The number of nitrogens with one attached hydrogen (secondary N) is 1. The van der Waals surface area contributed by atoms with Gasteiger partial charge in [-0.05, 0) is 56.3 Å². The Morgan fingerprint density at radius 3 is 2.58 bits per heavy atom. The number of carbonyl (C=O) groups excluding carboxylic acids is 1. The third-order valence-corrected chi connectivity index (χ3v) is 4.61. The van der Waals surface area contributed by atoms with Gasteiger partial charge in [0.05, 0.1) is 16.8 Å². The first kappa shape index (κ1) is 16.3. The van der Waals surface area contributed by atoms with E-state index < -0.39 is 0 Å². The Balaban J connectivity index is 1.81. The maximum Gasteiger partial charge on any atom is 0.308 e. The number of aryl methyl sites for hydroxylation is 1. The molecule has 0 radical (unpaired) electrons. The van der Waals surface area contributed by atoms with Gasteiger partial charge in [-0.1, -0.05) is 11.3 Å². The zero-order chi connectivity index (χ0) is 17.1. The van der Waals surface area contributed by atoms with Crippen LogP contribution >= 0.6 is 11.3 Å². The molecule has 1 aromatic heterocycles. The lowest BCUT2D eigenvalue weighted by molar-refractivity contribution is 0.102. The first-order valence-corrected chi connectivity index (χ1v) is 8.61. The molecule has 0 aliphatic heterocycles. The van der Waals surface area contributed by atoms with Crippen LogP contribution in [0.3, 0.4) is 0 Å². The number of aromatic nitrogens is 1. The maximum atomic E-state index is 12.3. The normalized spacial score (nSPS) is 10.8. The molecule has 5 nitrogen and oxygen atoms in total. The molecule has 3 aromatic rings. The number of hydrogen-bond acceptors (Lipinski definition) is 4. The predicted molar refractivity (Wildman–Crippen MR) is 97.3 cm³/mol. The average molecular weight is 342 g/mol. The van der Waals surface area contributed by atoms with Gasteiger partial charge in [0.25, 0.3) is 5.91 Å². The lowest BCUT2D eigenvalue weighted by atomic mass is 10.2. The molecule has 0 spiro atoms. The van der Waals surface area contributed by atoms with Crippen molar-refractivity contribution in [2.45, 2.75) is 20.4 Å². The van der Waals surface area contributed by atoms with Crippen molar-refractivity contribution in [2.24, 2.45) is 0 Å². The van der Waals surface area contributed by atoms with Gasteiger partial charge in [0.2, 0.25) is 0 Å². The molecule has 0 atom stereocenters. The van der Waals surface area contributed by atoms with E-state index in [0.29, 0.717) is 24.4 Å². The zero-order valence-corrected chi connectivity index (χ0v) is 14.4. The number of carbonyl (C=O) groups is 1. The van der Waals surface area contributed by atoms with Gasteiger partial charge in [0.1, 0.15) is 5.75 Å². The van der Waals surface area contributed by atoms with Crippen LogP contribution in [0.15, 0.2) is 47.3 Å². The summed E-state index contributed by atoms with van der Waals surface area (Å²) < 4.78 is 7.96. The van der Waals surface area contributed by atoms with Crippen LogP contribution in [-0.4, -0.2) is 17.1 Å². The Kier molecular flexibility index (Phi) is 4.66. The first-order chi connectivity index (χ1) is 11.6. The van der Waals surface area contributed by atoms with E-state index in [2.05, 4.69) is 5.32 Å². The number of benzene rings is 2. The summed E-state index contributed by atoms with van der Waals surface area (Å²) >= 11 is 1.19. The van der Waals surface area contributed by atoms with Crippen molar-refractivity contribution in [1.29, 1.82) is 0 Å². The molecule has 0 aliphatic rings. The molecule has 0 unspecified atom stereocenters. The summed E-state index contributed by atoms with van der Waals surface area (Å²) in [5.74, 6) is 0.542. The van der Waals surface area contributed by atoms with E-state index >= 15 is 0 Å². The lowest BCUT2D eigenvalue weighted by Gasteiger charge is -2.07. The van der Waals surface area contributed by atoms with Crippen LogP contribution in [0.25, 0.3) is 10.2 Å². The molecule has 1 N–H and O–H groups in total. The Hall–Kier alpha value is -2.60. The minimum absolute atomic E-state index is 0.0162. The summed E-state index contributed by atoms with van der Waals surface area (Å²) in [6.45, 7) is 5.08. The number of thiazole rings is 1. The minimum Gasteiger partial charge on any atom is -0.494 e. The standard InChI is InChI=1S/C18H18N2O3S/c1-3-20-15-10-7-13(11-16(15)24-18(20)22)19-17(21)12-5-8-14(9-6-12)23-4-2/h5-11H,3-4H2,1-2H3,(H,19,21). The van der Waals surface area contributed by atoms with Crippen molar-refractivity contribution >= 4 is 33.1 Å². The van der Waals surface area contributed by atoms with Gasteiger partial charge in [-0.2, -0.15) is 0 Å². The molecule has 3 rings (SSSR count). The van der Waals surface area contributed by atoms with E-state index in [1.807, 2.05) is 32.0 Å². The fourth-order valence-electron chi connectivity index (χ4n) is 2.52. The molecule has 0 saturated carbocycles. The SMILES string of the molecule is CCOc1ccc(C(=O)Nc2ccc3c(c2)sc(=O)n3CC)cc1. The number of rotatable bonds is 5. The fraction of sp³-hybridized carbons (Fsp3) is 0.222. The molecule has 0 bridgehead atoms. The van der Waals surface area contributed by atoms with Gasteiger partial charge in [-0.15, -0.1) is 0 Å². The summed E-state index contributed by atoms with van der Waals surface area (Å²) in [6, 6.07) is 12.5. The fourth-order valence-corrected chi connectivity index (χ4v) is 3.51. The molecule has 0 saturated heterocycles. The van der Waals surface area contributed by atoms with Gasteiger partial charge >= 0.3 is 4.87 Å². The highest BCUT2D eigenvalue weighted by Crippen LogP contribution is 2.22. The van der Waals surface area contributed by atoms with Crippen LogP contribution in [0.4, 0.5) is 5.69 Å². The lowest BCUT2D eigenvalue weighted by Crippen LogP contribution is -2.12. The van der Waals surface area contributed by atoms with Crippen LogP contribution in [0, 0.1) is 0 Å². The summed E-state index contributed by atoms with van der Waals surface area (Å²) in [5.41, 5.74) is 2.12. The van der Waals surface area contributed by atoms with E-state index in [4.69, 9.17) is 4.74 Å². The first-order valence-electron chi connectivity index (χ1n) is 7.80. The number of hydrogen-bond donors (Lipinski definition) is 1. The van der Waals surface area contributed by atoms with Gasteiger partial charge < -0.3 is 10.1 Å². The van der Waals surface area contributed by atoms with Crippen molar-refractivity contribution in [3.63, 3.8) is 0 Å². The summed E-state index contributed by atoms with van der Waals surface area (Å²) in [5, 5.41) is 2.86. The van der Waals surface area contributed by atoms with Crippen LogP contribution < -0.4 is 14.9 Å². The van der Waals surface area contributed by atoms with Crippen LogP contribution in [0.5, 0.6) is 5.75 Å². The molecule has 124 valence electrons. The number of nitrogens with zero attached hydrogens (tertiary/aromatic N) is 1. The summed E-state index contributed by atoms with van der Waals surface area (Å²) in [4.78, 5) is 24.2. The number of anilines is 1. The Labute approximate surface area is 143 Å². The van der Waals surface area contributed by atoms with Crippen molar-refractivity contribution in [1.82, 2.24) is 4.57 Å².